The Morgan fingerprint density at radius 1 is 1.04 bits per heavy atom. The molecule has 0 spiro atoms. The summed E-state index contributed by atoms with van der Waals surface area (Å²) >= 11 is 12.0. The Bertz CT molecular complexity index is 729. The van der Waals surface area contributed by atoms with Gasteiger partial charge < -0.3 is 10.1 Å². The minimum atomic E-state index is -0.446. The van der Waals surface area contributed by atoms with E-state index in [0.717, 1.165) is 5.56 Å². The molecule has 0 aliphatic heterocycles. The molecule has 4 nitrogen and oxygen atoms in total. The van der Waals surface area contributed by atoms with Gasteiger partial charge in [0.25, 0.3) is 5.91 Å². The van der Waals surface area contributed by atoms with E-state index in [2.05, 4.69) is 10.1 Å². The van der Waals surface area contributed by atoms with Crippen LogP contribution in [0, 0.1) is 0 Å². The van der Waals surface area contributed by atoms with Crippen molar-refractivity contribution < 1.29 is 14.3 Å². The Morgan fingerprint density at radius 2 is 1.65 bits per heavy atom. The van der Waals surface area contributed by atoms with Crippen molar-refractivity contribution in [1.82, 2.24) is 5.32 Å². The normalized spacial score (nSPS) is 11.7. The molecule has 0 aliphatic carbocycles. The van der Waals surface area contributed by atoms with Gasteiger partial charge in [-0.25, -0.2) is 4.79 Å². The number of hydrogen-bond acceptors (Lipinski definition) is 3. The lowest BCUT2D eigenvalue weighted by Crippen LogP contribution is -2.26. The van der Waals surface area contributed by atoms with Gasteiger partial charge in [-0.3, -0.25) is 4.79 Å². The molecule has 0 radical (unpaired) electrons. The maximum Gasteiger partial charge on any atom is 0.337 e. The molecule has 23 heavy (non-hydrogen) atoms. The molecule has 0 bridgehead atoms. The van der Waals surface area contributed by atoms with Gasteiger partial charge in [-0.15, -0.1) is 0 Å². The molecule has 2 aromatic carbocycles. The maximum absolute atomic E-state index is 12.3. The highest BCUT2D eigenvalue weighted by atomic mass is 35.5. The number of ether oxygens (including phenoxy) is 1. The molecule has 6 heteroatoms. The monoisotopic (exact) mass is 351 g/mol. The van der Waals surface area contributed by atoms with Crippen LogP contribution in [-0.4, -0.2) is 19.0 Å². The van der Waals surface area contributed by atoms with Crippen molar-refractivity contribution in [2.45, 2.75) is 13.0 Å². The lowest BCUT2D eigenvalue weighted by molar-refractivity contribution is 0.0600. The number of benzene rings is 2. The number of esters is 1. The van der Waals surface area contributed by atoms with Crippen molar-refractivity contribution in [1.29, 1.82) is 0 Å². The van der Waals surface area contributed by atoms with Gasteiger partial charge in [0, 0.05) is 15.6 Å². The molecule has 0 heterocycles. The molecular formula is C17H15Cl2NO3. The largest absolute Gasteiger partial charge is 0.465 e. The van der Waals surface area contributed by atoms with Gasteiger partial charge in [-0.1, -0.05) is 29.3 Å². The number of halogens is 2. The third-order valence-corrected chi connectivity index (χ3v) is 3.91. The predicted molar refractivity (Wildman–Crippen MR) is 90.1 cm³/mol. The molecule has 1 N–H and O–H groups in total. The number of carbonyl (C=O) groups excluding carboxylic acids is 2. The molecule has 1 atom stereocenters. The van der Waals surface area contributed by atoms with E-state index >= 15 is 0 Å². The molecule has 120 valence electrons. The molecule has 0 fully saturated rings. The zero-order valence-corrected chi connectivity index (χ0v) is 14.1. The van der Waals surface area contributed by atoms with Crippen LogP contribution in [0.4, 0.5) is 0 Å². The Morgan fingerprint density at radius 3 is 2.22 bits per heavy atom. The van der Waals surface area contributed by atoms with Gasteiger partial charge in [-0.05, 0) is 48.9 Å². The summed E-state index contributed by atoms with van der Waals surface area (Å²) in [5.41, 5.74) is 1.60. The summed E-state index contributed by atoms with van der Waals surface area (Å²) in [5, 5.41) is 3.88. The van der Waals surface area contributed by atoms with Gasteiger partial charge in [-0.2, -0.15) is 0 Å². The minimum Gasteiger partial charge on any atom is -0.465 e. The second-order valence-electron chi connectivity index (χ2n) is 4.93. The summed E-state index contributed by atoms with van der Waals surface area (Å²) in [4.78, 5) is 23.6. The molecule has 0 aromatic heterocycles. The van der Waals surface area contributed by atoms with Crippen molar-refractivity contribution in [3.8, 4) is 0 Å². The third-order valence-electron chi connectivity index (χ3n) is 3.34. The van der Waals surface area contributed by atoms with E-state index in [1.165, 1.54) is 7.11 Å². The second kappa shape index (κ2) is 7.49. The zero-order chi connectivity index (χ0) is 17.0. The van der Waals surface area contributed by atoms with Crippen LogP contribution in [0.2, 0.25) is 10.0 Å². The lowest BCUT2D eigenvalue weighted by Gasteiger charge is -2.16. The topological polar surface area (TPSA) is 55.4 Å². The van der Waals surface area contributed by atoms with Crippen LogP contribution < -0.4 is 5.32 Å². The van der Waals surface area contributed by atoms with Crippen LogP contribution in [0.1, 0.15) is 39.2 Å². The smallest absolute Gasteiger partial charge is 0.337 e. The summed E-state index contributed by atoms with van der Waals surface area (Å²) < 4.78 is 4.62. The summed E-state index contributed by atoms with van der Waals surface area (Å²) in [7, 11) is 1.31. The molecule has 0 aliphatic rings. The van der Waals surface area contributed by atoms with Crippen LogP contribution in [-0.2, 0) is 4.74 Å². The first-order valence-corrected chi connectivity index (χ1v) is 7.62. The van der Waals surface area contributed by atoms with Crippen LogP contribution >= 0.6 is 23.2 Å². The lowest BCUT2D eigenvalue weighted by atomic mass is 10.1. The van der Waals surface area contributed by atoms with E-state index in [1.54, 1.807) is 42.5 Å². The summed E-state index contributed by atoms with van der Waals surface area (Å²) in [6.45, 7) is 1.83. The molecule has 0 saturated heterocycles. The first-order valence-electron chi connectivity index (χ1n) is 6.86. The number of nitrogens with one attached hydrogen (secondary N) is 1. The molecule has 1 amide bonds. The third kappa shape index (κ3) is 4.24. The number of methoxy groups -OCH3 is 1. The second-order valence-corrected chi connectivity index (χ2v) is 5.77. The van der Waals surface area contributed by atoms with Crippen molar-refractivity contribution in [2.75, 3.05) is 7.11 Å². The van der Waals surface area contributed by atoms with Crippen molar-refractivity contribution in [3.05, 3.63) is 69.2 Å². The van der Waals surface area contributed by atoms with E-state index in [1.807, 2.05) is 6.92 Å². The highest BCUT2D eigenvalue weighted by Gasteiger charge is 2.15. The predicted octanol–water partition coefficient (Wildman–Crippen LogP) is 4.27. The van der Waals surface area contributed by atoms with Crippen molar-refractivity contribution >= 4 is 35.1 Å². The Hall–Kier alpha value is -2.04. The molecule has 2 aromatic rings. The summed E-state index contributed by atoms with van der Waals surface area (Å²) in [5.74, 6) is -0.710. The van der Waals surface area contributed by atoms with E-state index in [4.69, 9.17) is 23.2 Å². The fourth-order valence-electron chi connectivity index (χ4n) is 2.09. The van der Waals surface area contributed by atoms with E-state index in [-0.39, 0.29) is 11.9 Å². The summed E-state index contributed by atoms with van der Waals surface area (Å²) in [6, 6.07) is 11.1. The first kappa shape index (κ1) is 17.3. The number of carbonyl (C=O) groups is 2. The van der Waals surface area contributed by atoms with Crippen LogP contribution in [0.5, 0.6) is 0 Å². The highest BCUT2D eigenvalue weighted by Crippen LogP contribution is 2.26. The Kier molecular flexibility index (Phi) is 5.64. The molecule has 2 rings (SSSR count). The number of rotatable bonds is 4. The van der Waals surface area contributed by atoms with Gasteiger partial charge in [0.1, 0.15) is 0 Å². The molecular weight excluding hydrogens is 337 g/mol. The van der Waals surface area contributed by atoms with Gasteiger partial charge in [0.2, 0.25) is 0 Å². The SMILES string of the molecule is COC(=O)c1ccc(C(=O)NC(C)c2ccc(Cl)cc2Cl)cc1. The van der Waals surface area contributed by atoms with Crippen LogP contribution in [0.15, 0.2) is 42.5 Å². The van der Waals surface area contributed by atoms with E-state index in [9.17, 15) is 9.59 Å². The highest BCUT2D eigenvalue weighted by molar-refractivity contribution is 6.35. The van der Waals surface area contributed by atoms with Crippen LogP contribution in [0.25, 0.3) is 0 Å². The fraction of sp³-hybridized carbons (Fsp3) is 0.176. The first-order chi connectivity index (χ1) is 10.9. The standard InChI is InChI=1S/C17H15Cl2NO3/c1-10(14-8-7-13(18)9-15(14)19)20-16(21)11-3-5-12(6-4-11)17(22)23-2/h3-10H,1-2H3,(H,20,21). The van der Waals surface area contributed by atoms with Gasteiger partial charge in [0.05, 0.1) is 18.7 Å². The zero-order valence-electron chi connectivity index (χ0n) is 12.6. The quantitative estimate of drug-likeness (QED) is 0.836. The Balaban J connectivity index is 2.10. The van der Waals surface area contributed by atoms with E-state index in [0.29, 0.717) is 21.2 Å². The van der Waals surface area contributed by atoms with E-state index < -0.39 is 5.97 Å². The average Bonchev–Trinajstić information content (AvgIpc) is 2.54. The number of amides is 1. The van der Waals surface area contributed by atoms with Crippen molar-refractivity contribution in [2.24, 2.45) is 0 Å². The van der Waals surface area contributed by atoms with Gasteiger partial charge >= 0.3 is 5.97 Å². The van der Waals surface area contributed by atoms with Crippen LogP contribution in [0.3, 0.4) is 0 Å². The summed E-state index contributed by atoms with van der Waals surface area (Å²) in [6.07, 6.45) is 0. The average molecular weight is 352 g/mol. The minimum absolute atomic E-state index is 0.264. The maximum atomic E-state index is 12.3. The fourth-order valence-corrected chi connectivity index (χ4v) is 2.66. The molecule has 1 unspecified atom stereocenters. The van der Waals surface area contributed by atoms with Gasteiger partial charge in [0.15, 0.2) is 0 Å². The Labute approximate surface area is 144 Å². The number of hydrogen-bond donors (Lipinski definition) is 1. The molecule has 0 saturated carbocycles. The van der Waals surface area contributed by atoms with Crippen molar-refractivity contribution in [3.63, 3.8) is 0 Å².